The summed E-state index contributed by atoms with van der Waals surface area (Å²) in [5, 5.41) is 7.43. The van der Waals surface area contributed by atoms with Crippen LogP contribution in [0.25, 0.3) is 11.3 Å². The first kappa shape index (κ1) is 17.4. The first-order chi connectivity index (χ1) is 12.0. The first-order valence-electron chi connectivity index (χ1n) is 8.23. The van der Waals surface area contributed by atoms with Gasteiger partial charge in [0.2, 0.25) is 5.91 Å². The number of hydrogen-bond donors (Lipinski definition) is 1. The van der Waals surface area contributed by atoms with Gasteiger partial charge in [-0.1, -0.05) is 49.3 Å². The predicted octanol–water partition coefficient (Wildman–Crippen LogP) is 4.72. The van der Waals surface area contributed by atoms with Crippen molar-refractivity contribution in [3.8, 4) is 11.3 Å². The number of nitrogens with zero attached hydrogens (tertiary/aromatic N) is 2. The number of carbonyl (C=O) groups is 1. The summed E-state index contributed by atoms with van der Waals surface area (Å²) in [6, 6.07) is 10.0. The summed E-state index contributed by atoms with van der Waals surface area (Å²) in [4.78, 5) is 18.2. The van der Waals surface area contributed by atoms with Gasteiger partial charge in [0.05, 0.1) is 17.8 Å². The maximum atomic E-state index is 12.4. The van der Waals surface area contributed by atoms with Crippen LogP contribution in [0.4, 0.5) is 5.13 Å². The summed E-state index contributed by atoms with van der Waals surface area (Å²) in [5.74, 6) is 0.902. The summed E-state index contributed by atoms with van der Waals surface area (Å²) in [6.07, 6.45) is 0.235. The van der Waals surface area contributed by atoms with Gasteiger partial charge in [0.15, 0.2) is 5.13 Å². The highest BCUT2D eigenvalue weighted by Gasteiger charge is 2.18. The van der Waals surface area contributed by atoms with Gasteiger partial charge < -0.3 is 9.84 Å². The first-order valence-corrected chi connectivity index (χ1v) is 9.05. The molecule has 0 atom stereocenters. The molecule has 25 heavy (non-hydrogen) atoms. The molecule has 130 valence electrons. The Morgan fingerprint density at radius 1 is 1.24 bits per heavy atom. The maximum absolute atomic E-state index is 12.4. The van der Waals surface area contributed by atoms with Gasteiger partial charge in [0.1, 0.15) is 5.76 Å². The van der Waals surface area contributed by atoms with Crippen LogP contribution in [0.15, 0.2) is 34.9 Å². The SMILES string of the molecule is Cc1noc(C)c1CC(=O)Nc1nc(-c2ccccc2)c(C(C)C)s1. The van der Waals surface area contributed by atoms with E-state index in [1.54, 1.807) is 0 Å². The summed E-state index contributed by atoms with van der Waals surface area (Å²) in [5.41, 5.74) is 3.59. The van der Waals surface area contributed by atoms with Crippen LogP contribution in [0.1, 0.15) is 41.7 Å². The highest BCUT2D eigenvalue weighted by atomic mass is 32.1. The highest BCUT2D eigenvalue weighted by molar-refractivity contribution is 7.16. The third kappa shape index (κ3) is 3.79. The van der Waals surface area contributed by atoms with Crippen LogP contribution in [0.5, 0.6) is 0 Å². The molecule has 0 saturated heterocycles. The van der Waals surface area contributed by atoms with Crippen molar-refractivity contribution in [1.29, 1.82) is 0 Å². The fraction of sp³-hybridized carbons (Fsp3) is 0.316. The lowest BCUT2D eigenvalue weighted by Gasteiger charge is -2.04. The summed E-state index contributed by atoms with van der Waals surface area (Å²) in [7, 11) is 0. The normalized spacial score (nSPS) is 11.1. The topological polar surface area (TPSA) is 68.0 Å². The van der Waals surface area contributed by atoms with Crippen molar-refractivity contribution in [2.24, 2.45) is 0 Å². The predicted molar refractivity (Wildman–Crippen MR) is 99.9 cm³/mol. The third-order valence-electron chi connectivity index (χ3n) is 3.99. The van der Waals surface area contributed by atoms with Crippen LogP contribution < -0.4 is 5.32 Å². The van der Waals surface area contributed by atoms with E-state index < -0.39 is 0 Å². The highest BCUT2D eigenvalue weighted by Crippen LogP contribution is 2.36. The van der Waals surface area contributed by atoms with Crippen LogP contribution in [-0.4, -0.2) is 16.0 Å². The molecule has 0 radical (unpaired) electrons. The monoisotopic (exact) mass is 355 g/mol. The Morgan fingerprint density at radius 2 is 1.96 bits per heavy atom. The Labute approximate surface area is 151 Å². The molecule has 0 aliphatic rings. The zero-order valence-electron chi connectivity index (χ0n) is 14.8. The fourth-order valence-corrected chi connectivity index (χ4v) is 3.66. The van der Waals surface area contributed by atoms with E-state index in [1.807, 2.05) is 44.2 Å². The molecular formula is C19H21N3O2S. The van der Waals surface area contributed by atoms with Crippen LogP contribution in [0.2, 0.25) is 0 Å². The minimum absolute atomic E-state index is 0.113. The number of thiazole rings is 1. The van der Waals surface area contributed by atoms with E-state index in [1.165, 1.54) is 16.2 Å². The fourth-order valence-electron chi connectivity index (χ4n) is 2.66. The Kier molecular flexibility index (Phi) is 4.99. The largest absolute Gasteiger partial charge is 0.361 e. The van der Waals surface area contributed by atoms with Crippen LogP contribution in [0, 0.1) is 13.8 Å². The molecule has 5 nitrogen and oxygen atoms in total. The molecule has 6 heteroatoms. The van der Waals surface area contributed by atoms with Gasteiger partial charge >= 0.3 is 0 Å². The molecule has 3 aromatic rings. The quantitative estimate of drug-likeness (QED) is 0.719. The van der Waals surface area contributed by atoms with Gasteiger partial charge in [0, 0.05) is 16.0 Å². The van der Waals surface area contributed by atoms with E-state index in [2.05, 4.69) is 29.3 Å². The molecular weight excluding hydrogens is 334 g/mol. The minimum atomic E-state index is -0.113. The Hall–Kier alpha value is -2.47. The molecule has 0 spiro atoms. The number of benzene rings is 1. The van der Waals surface area contributed by atoms with Crippen molar-refractivity contribution < 1.29 is 9.32 Å². The second-order valence-corrected chi connectivity index (χ2v) is 7.31. The maximum Gasteiger partial charge on any atom is 0.230 e. The number of nitrogens with one attached hydrogen (secondary N) is 1. The number of hydrogen-bond acceptors (Lipinski definition) is 5. The molecule has 2 heterocycles. The number of anilines is 1. The van der Waals surface area contributed by atoms with E-state index >= 15 is 0 Å². The van der Waals surface area contributed by atoms with Gasteiger partial charge in [-0.05, 0) is 19.8 Å². The molecule has 1 N–H and O–H groups in total. The third-order valence-corrected chi connectivity index (χ3v) is 5.26. The summed E-state index contributed by atoms with van der Waals surface area (Å²) in [6.45, 7) is 7.92. The molecule has 0 bridgehead atoms. The number of carbonyl (C=O) groups excluding carboxylic acids is 1. The van der Waals surface area contributed by atoms with Gasteiger partial charge in [-0.25, -0.2) is 4.98 Å². The van der Waals surface area contributed by atoms with Crippen molar-refractivity contribution in [2.75, 3.05) is 5.32 Å². The average Bonchev–Trinajstić information content (AvgIpc) is 3.14. The Bertz CT molecular complexity index is 862. The van der Waals surface area contributed by atoms with Crippen LogP contribution in [-0.2, 0) is 11.2 Å². The summed E-state index contributed by atoms with van der Waals surface area (Å²) < 4.78 is 5.12. The number of amides is 1. The van der Waals surface area contributed by atoms with E-state index in [0.29, 0.717) is 16.8 Å². The molecule has 2 aromatic heterocycles. The van der Waals surface area contributed by atoms with E-state index in [9.17, 15) is 4.79 Å². The second-order valence-electron chi connectivity index (χ2n) is 6.28. The van der Waals surface area contributed by atoms with Gasteiger partial charge in [-0.2, -0.15) is 0 Å². The smallest absolute Gasteiger partial charge is 0.230 e. The Morgan fingerprint density at radius 3 is 2.56 bits per heavy atom. The number of rotatable bonds is 5. The van der Waals surface area contributed by atoms with E-state index in [-0.39, 0.29) is 12.3 Å². The lowest BCUT2D eigenvalue weighted by Crippen LogP contribution is -2.15. The molecule has 0 saturated carbocycles. The van der Waals surface area contributed by atoms with E-state index in [4.69, 9.17) is 4.52 Å². The average molecular weight is 355 g/mol. The summed E-state index contributed by atoms with van der Waals surface area (Å²) >= 11 is 1.53. The second kappa shape index (κ2) is 7.19. The standard InChI is InChI=1S/C19H21N3O2S/c1-11(2)18-17(14-8-6-5-7-9-14)21-19(25-18)20-16(23)10-15-12(3)22-24-13(15)4/h5-9,11H,10H2,1-4H3,(H,20,21,23). The zero-order chi connectivity index (χ0) is 18.0. The van der Waals surface area contributed by atoms with E-state index in [0.717, 1.165) is 22.5 Å². The van der Waals surface area contributed by atoms with Crippen molar-refractivity contribution >= 4 is 22.4 Å². The molecule has 1 aromatic carbocycles. The lowest BCUT2D eigenvalue weighted by molar-refractivity contribution is -0.115. The molecule has 3 rings (SSSR count). The van der Waals surface area contributed by atoms with Gasteiger partial charge in [-0.15, -0.1) is 11.3 Å². The van der Waals surface area contributed by atoms with Gasteiger partial charge in [-0.3, -0.25) is 4.79 Å². The van der Waals surface area contributed by atoms with Crippen molar-refractivity contribution in [3.63, 3.8) is 0 Å². The molecule has 0 fully saturated rings. The molecule has 1 amide bonds. The number of aromatic nitrogens is 2. The Balaban J connectivity index is 1.82. The van der Waals surface area contributed by atoms with Crippen LogP contribution >= 0.6 is 11.3 Å². The molecule has 0 aliphatic heterocycles. The van der Waals surface area contributed by atoms with Crippen molar-refractivity contribution in [2.45, 2.75) is 40.0 Å². The van der Waals surface area contributed by atoms with Crippen molar-refractivity contribution in [1.82, 2.24) is 10.1 Å². The number of aryl methyl sites for hydroxylation is 2. The molecule has 0 aliphatic carbocycles. The molecule has 0 unspecified atom stereocenters. The van der Waals surface area contributed by atoms with Crippen LogP contribution in [0.3, 0.4) is 0 Å². The van der Waals surface area contributed by atoms with Crippen molar-refractivity contribution in [3.05, 3.63) is 52.2 Å². The lowest BCUT2D eigenvalue weighted by atomic mass is 10.1. The minimum Gasteiger partial charge on any atom is -0.361 e. The zero-order valence-corrected chi connectivity index (χ0v) is 15.6. The van der Waals surface area contributed by atoms with Gasteiger partial charge in [0.25, 0.3) is 0 Å².